The van der Waals surface area contributed by atoms with Gasteiger partial charge in [-0.1, -0.05) is 99.4 Å². The first-order valence-corrected chi connectivity index (χ1v) is 10.6. The van der Waals surface area contributed by atoms with Crippen LogP contribution in [0.1, 0.15) is 103 Å². The third-order valence-electron chi connectivity index (χ3n) is 4.24. The molecule has 0 aromatic rings. The van der Waals surface area contributed by atoms with Crippen molar-refractivity contribution < 1.29 is 9.53 Å². The topological polar surface area (TPSA) is 26.3 Å². The summed E-state index contributed by atoms with van der Waals surface area (Å²) in [4.78, 5) is 10.9. The SMILES string of the molecule is COC(=O)CCCCCCCCCCCCCCCCCBr. The Labute approximate surface area is 146 Å². The van der Waals surface area contributed by atoms with Crippen molar-refractivity contribution in [1.29, 1.82) is 0 Å². The van der Waals surface area contributed by atoms with Crippen LogP contribution in [-0.4, -0.2) is 18.4 Å². The second-order valence-corrected chi connectivity index (χ2v) is 7.11. The number of methoxy groups -OCH3 is 1. The number of rotatable bonds is 17. The van der Waals surface area contributed by atoms with Crippen molar-refractivity contribution in [2.45, 2.75) is 103 Å². The number of carbonyl (C=O) groups is 1. The number of esters is 1. The molecular formula is C19H37BrO2. The molecule has 0 saturated carbocycles. The van der Waals surface area contributed by atoms with E-state index >= 15 is 0 Å². The molecule has 0 amide bonds. The van der Waals surface area contributed by atoms with Crippen LogP contribution in [0.25, 0.3) is 0 Å². The zero-order valence-electron chi connectivity index (χ0n) is 14.7. The molecule has 132 valence electrons. The first-order valence-electron chi connectivity index (χ1n) is 9.44. The zero-order valence-corrected chi connectivity index (χ0v) is 16.3. The Morgan fingerprint density at radius 3 is 1.27 bits per heavy atom. The van der Waals surface area contributed by atoms with Crippen LogP contribution in [0.5, 0.6) is 0 Å². The van der Waals surface area contributed by atoms with E-state index < -0.39 is 0 Å². The number of halogens is 1. The second-order valence-electron chi connectivity index (χ2n) is 6.32. The van der Waals surface area contributed by atoms with Crippen LogP contribution < -0.4 is 0 Å². The smallest absolute Gasteiger partial charge is 0.305 e. The predicted octanol–water partition coefficient (Wildman–Crippen LogP) is 6.80. The molecule has 2 nitrogen and oxygen atoms in total. The van der Waals surface area contributed by atoms with Gasteiger partial charge in [0.15, 0.2) is 0 Å². The van der Waals surface area contributed by atoms with Gasteiger partial charge in [0.05, 0.1) is 7.11 Å². The molecule has 0 aromatic heterocycles. The Balaban J connectivity index is 2.98. The van der Waals surface area contributed by atoms with Gasteiger partial charge in [0.1, 0.15) is 0 Å². The van der Waals surface area contributed by atoms with Crippen LogP contribution in [0.4, 0.5) is 0 Å². The first kappa shape index (κ1) is 21.9. The van der Waals surface area contributed by atoms with Crippen LogP contribution in [-0.2, 0) is 9.53 Å². The summed E-state index contributed by atoms with van der Waals surface area (Å²) < 4.78 is 4.63. The fourth-order valence-electron chi connectivity index (χ4n) is 2.76. The number of ether oxygens (including phenoxy) is 1. The maximum absolute atomic E-state index is 10.9. The minimum absolute atomic E-state index is 0.0666. The molecule has 0 unspecified atom stereocenters. The van der Waals surface area contributed by atoms with Crippen molar-refractivity contribution >= 4 is 21.9 Å². The lowest BCUT2D eigenvalue weighted by atomic mass is 10.0. The lowest BCUT2D eigenvalue weighted by Gasteiger charge is -2.03. The van der Waals surface area contributed by atoms with E-state index in [9.17, 15) is 4.79 Å². The van der Waals surface area contributed by atoms with Gasteiger partial charge < -0.3 is 4.74 Å². The number of hydrogen-bond acceptors (Lipinski definition) is 2. The molecule has 3 heteroatoms. The fraction of sp³-hybridized carbons (Fsp3) is 0.947. The Kier molecular flexibility index (Phi) is 19.0. The molecule has 0 radical (unpaired) electrons. The maximum atomic E-state index is 10.9. The standard InChI is InChI=1S/C19H37BrO2/c1-22-19(21)17-15-13-11-9-7-5-3-2-4-6-8-10-12-14-16-18-20/h2-18H2,1H3. The molecule has 0 aliphatic rings. The van der Waals surface area contributed by atoms with E-state index in [1.807, 2.05) is 0 Å². The highest BCUT2D eigenvalue weighted by molar-refractivity contribution is 9.09. The van der Waals surface area contributed by atoms with Gasteiger partial charge in [-0.25, -0.2) is 0 Å². The highest BCUT2D eigenvalue weighted by Gasteiger charge is 1.99. The van der Waals surface area contributed by atoms with Crippen molar-refractivity contribution in [2.24, 2.45) is 0 Å². The van der Waals surface area contributed by atoms with Gasteiger partial charge in [0, 0.05) is 11.8 Å². The number of unbranched alkanes of at least 4 members (excludes halogenated alkanes) is 14. The van der Waals surface area contributed by atoms with E-state index in [1.165, 1.54) is 97.0 Å². The van der Waals surface area contributed by atoms with Gasteiger partial charge in [0.2, 0.25) is 0 Å². The highest BCUT2D eigenvalue weighted by atomic mass is 79.9. The van der Waals surface area contributed by atoms with Crippen molar-refractivity contribution in [1.82, 2.24) is 0 Å². The summed E-state index contributed by atoms with van der Waals surface area (Å²) in [5.74, 6) is -0.0666. The maximum Gasteiger partial charge on any atom is 0.305 e. The summed E-state index contributed by atoms with van der Waals surface area (Å²) in [6.45, 7) is 0. The molecule has 0 saturated heterocycles. The third kappa shape index (κ3) is 18.0. The van der Waals surface area contributed by atoms with E-state index in [2.05, 4.69) is 20.7 Å². The Hall–Kier alpha value is -0.0500. The van der Waals surface area contributed by atoms with E-state index in [0.717, 1.165) is 11.8 Å². The van der Waals surface area contributed by atoms with Crippen molar-refractivity contribution in [2.75, 3.05) is 12.4 Å². The van der Waals surface area contributed by atoms with Gasteiger partial charge >= 0.3 is 5.97 Å². The van der Waals surface area contributed by atoms with Crippen molar-refractivity contribution in [3.63, 3.8) is 0 Å². The predicted molar refractivity (Wildman–Crippen MR) is 99.7 cm³/mol. The summed E-state index contributed by atoms with van der Waals surface area (Å²) in [5.41, 5.74) is 0. The minimum atomic E-state index is -0.0666. The molecular weight excluding hydrogens is 340 g/mol. The number of carbonyl (C=O) groups excluding carboxylic acids is 1. The van der Waals surface area contributed by atoms with Crippen LogP contribution in [0.15, 0.2) is 0 Å². The lowest BCUT2D eigenvalue weighted by molar-refractivity contribution is -0.140. The molecule has 0 aromatic carbocycles. The monoisotopic (exact) mass is 376 g/mol. The van der Waals surface area contributed by atoms with Gasteiger partial charge in [-0.2, -0.15) is 0 Å². The van der Waals surface area contributed by atoms with Crippen LogP contribution >= 0.6 is 15.9 Å². The molecule has 0 atom stereocenters. The summed E-state index contributed by atoms with van der Waals surface area (Å²) in [6.07, 6.45) is 20.8. The summed E-state index contributed by atoms with van der Waals surface area (Å²) in [5, 5.41) is 1.16. The van der Waals surface area contributed by atoms with E-state index in [4.69, 9.17) is 0 Å². The summed E-state index contributed by atoms with van der Waals surface area (Å²) in [6, 6.07) is 0. The van der Waals surface area contributed by atoms with E-state index in [-0.39, 0.29) is 5.97 Å². The Morgan fingerprint density at radius 2 is 0.955 bits per heavy atom. The molecule has 0 bridgehead atoms. The van der Waals surface area contributed by atoms with Gasteiger partial charge in [-0.15, -0.1) is 0 Å². The van der Waals surface area contributed by atoms with Crippen LogP contribution in [0, 0.1) is 0 Å². The second kappa shape index (κ2) is 19.0. The molecule has 0 heterocycles. The van der Waals surface area contributed by atoms with Gasteiger partial charge in [0.25, 0.3) is 0 Å². The minimum Gasteiger partial charge on any atom is -0.469 e. The van der Waals surface area contributed by atoms with Gasteiger partial charge in [-0.3, -0.25) is 4.79 Å². The summed E-state index contributed by atoms with van der Waals surface area (Å²) >= 11 is 3.48. The molecule has 0 fully saturated rings. The highest BCUT2D eigenvalue weighted by Crippen LogP contribution is 2.13. The first-order chi connectivity index (χ1) is 10.8. The normalized spacial score (nSPS) is 10.8. The molecule has 0 aliphatic carbocycles. The van der Waals surface area contributed by atoms with Crippen LogP contribution in [0.2, 0.25) is 0 Å². The largest absolute Gasteiger partial charge is 0.469 e. The number of alkyl halides is 1. The summed E-state index contributed by atoms with van der Waals surface area (Å²) in [7, 11) is 1.47. The van der Waals surface area contributed by atoms with E-state index in [0.29, 0.717) is 6.42 Å². The van der Waals surface area contributed by atoms with Gasteiger partial charge in [-0.05, 0) is 12.8 Å². The van der Waals surface area contributed by atoms with Crippen LogP contribution in [0.3, 0.4) is 0 Å². The number of hydrogen-bond donors (Lipinski definition) is 0. The average Bonchev–Trinajstić information content (AvgIpc) is 2.54. The third-order valence-corrected chi connectivity index (χ3v) is 4.80. The molecule has 0 aliphatic heterocycles. The zero-order chi connectivity index (χ0) is 16.3. The van der Waals surface area contributed by atoms with Crippen molar-refractivity contribution in [3.05, 3.63) is 0 Å². The Bertz CT molecular complexity index is 231. The van der Waals surface area contributed by atoms with Crippen molar-refractivity contribution in [3.8, 4) is 0 Å². The quantitative estimate of drug-likeness (QED) is 0.158. The molecule has 0 rings (SSSR count). The lowest BCUT2D eigenvalue weighted by Crippen LogP contribution is -1.99. The van der Waals surface area contributed by atoms with E-state index in [1.54, 1.807) is 0 Å². The average molecular weight is 377 g/mol. The molecule has 22 heavy (non-hydrogen) atoms. The molecule has 0 N–H and O–H groups in total. The molecule has 0 spiro atoms. The fourth-order valence-corrected chi connectivity index (χ4v) is 3.16. The Morgan fingerprint density at radius 1 is 0.636 bits per heavy atom.